The maximum Gasteiger partial charge on any atom is 0.305 e. The molecule has 0 atom stereocenters. The zero-order chi connectivity index (χ0) is 13.7. The predicted octanol–water partition coefficient (Wildman–Crippen LogP) is 2.57. The molecule has 0 saturated heterocycles. The summed E-state index contributed by atoms with van der Waals surface area (Å²) in [7, 11) is 0. The molecule has 1 rings (SSSR count). The molecule has 0 amide bonds. The molecule has 1 aromatic rings. The van der Waals surface area contributed by atoms with Crippen LogP contribution in [-0.4, -0.2) is 24.2 Å². The largest absolute Gasteiger partial charge is 0.481 e. The lowest BCUT2D eigenvalue weighted by Gasteiger charge is -2.23. The second-order valence-electron chi connectivity index (χ2n) is 3.57. The topological polar surface area (TPSA) is 40.5 Å². The van der Waals surface area contributed by atoms with Crippen LogP contribution in [0.15, 0.2) is 24.8 Å². The monoisotopic (exact) mass is 259 g/mol. The molecule has 0 aromatic heterocycles. The molecule has 0 heterocycles. The van der Waals surface area contributed by atoms with Gasteiger partial charge in [-0.2, -0.15) is 0 Å². The minimum absolute atomic E-state index is 0.0245. The van der Waals surface area contributed by atoms with Crippen LogP contribution in [0.4, 0.5) is 18.9 Å². The minimum atomic E-state index is -1.57. The highest BCUT2D eigenvalue weighted by molar-refractivity contribution is 5.67. The van der Waals surface area contributed by atoms with Crippen molar-refractivity contribution in [1.82, 2.24) is 0 Å². The van der Waals surface area contributed by atoms with Gasteiger partial charge in [0.25, 0.3) is 0 Å². The molecule has 0 aliphatic carbocycles. The fourth-order valence-corrected chi connectivity index (χ4v) is 1.46. The van der Waals surface area contributed by atoms with Crippen LogP contribution in [0.25, 0.3) is 0 Å². The van der Waals surface area contributed by atoms with Crippen molar-refractivity contribution in [1.29, 1.82) is 0 Å². The van der Waals surface area contributed by atoms with Crippen molar-refractivity contribution in [3.05, 3.63) is 42.2 Å². The first-order valence-electron chi connectivity index (χ1n) is 5.18. The summed E-state index contributed by atoms with van der Waals surface area (Å²) in [4.78, 5) is 11.7. The molecule has 0 bridgehead atoms. The van der Waals surface area contributed by atoms with Gasteiger partial charge in [0, 0.05) is 13.1 Å². The predicted molar refractivity (Wildman–Crippen MR) is 61.0 cm³/mol. The van der Waals surface area contributed by atoms with E-state index in [1.807, 2.05) is 0 Å². The molecular formula is C12H12F3NO2. The number of anilines is 1. The number of hydrogen-bond acceptors (Lipinski definition) is 2. The van der Waals surface area contributed by atoms with Crippen molar-refractivity contribution >= 4 is 11.7 Å². The number of hydrogen-bond donors (Lipinski definition) is 1. The molecule has 1 N–H and O–H groups in total. The van der Waals surface area contributed by atoms with Crippen molar-refractivity contribution in [3.8, 4) is 0 Å². The highest BCUT2D eigenvalue weighted by atomic mass is 19.2. The third kappa shape index (κ3) is 3.26. The van der Waals surface area contributed by atoms with Crippen molar-refractivity contribution in [2.75, 3.05) is 18.0 Å². The Morgan fingerprint density at radius 2 is 2.00 bits per heavy atom. The maximum atomic E-state index is 13.5. The van der Waals surface area contributed by atoms with E-state index >= 15 is 0 Å². The minimum Gasteiger partial charge on any atom is -0.481 e. The zero-order valence-electron chi connectivity index (χ0n) is 9.50. The number of carboxylic acid groups (broad SMARTS) is 1. The molecular weight excluding hydrogens is 247 g/mol. The lowest BCUT2D eigenvalue weighted by molar-refractivity contribution is -0.136. The molecule has 0 radical (unpaired) electrons. The highest BCUT2D eigenvalue weighted by Crippen LogP contribution is 2.23. The molecule has 98 valence electrons. The molecule has 3 nitrogen and oxygen atoms in total. The first-order chi connectivity index (χ1) is 8.47. The first-order valence-corrected chi connectivity index (χ1v) is 5.18. The molecule has 6 heteroatoms. The SMILES string of the molecule is C=CCN(CCC(=O)O)c1ccc(F)c(F)c1F. The Balaban J connectivity index is 3.01. The third-order valence-electron chi connectivity index (χ3n) is 2.30. The fraction of sp³-hybridized carbons (Fsp3) is 0.250. The van der Waals surface area contributed by atoms with Gasteiger partial charge in [-0.3, -0.25) is 4.79 Å². The Labute approximate surface area is 102 Å². The van der Waals surface area contributed by atoms with Crippen LogP contribution in [0.2, 0.25) is 0 Å². The van der Waals surface area contributed by atoms with E-state index in [1.165, 1.54) is 11.0 Å². The van der Waals surface area contributed by atoms with Gasteiger partial charge in [-0.25, -0.2) is 13.2 Å². The number of aliphatic carboxylic acids is 1. The van der Waals surface area contributed by atoms with Crippen molar-refractivity contribution in [3.63, 3.8) is 0 Å². The summed E-state index contributed by atoms with van der Waals surface area (Å²) in [5.74, 6) is -5.25. The molecule has 0 aliphatic heterocycles. The van der Waals surface area contributed by atoms with Crippen LogP contribution in [0.5, 0.6) is 0 Å². The van der Waals surface area contributed by atoms with Crippen LogP contribution in [-0.2, 0) is 4.79 Å². The normalized spacial score (nSPS) is 10.2. The van der Waals surface area contributed by atoms with E-state index < -0.39 is 23.4 Å². The molecule has 1 aromatic carbocycles. The van der Waals surface area contributed by atoms with E-state index in [2.05, 4.69) is 6.58 Å². The van der Waals surface area contributed by atoms with Gasteiger partial charge in [0.1, 0.15) is 0 Å². The van der Waals surface area contributed by atoms with Crippen LogP contribution < -0.4 is 4.90 Å². The summed E-state index contributed by atoms with van der Waals surface area (Å²) in [5.41, 5.74) is -0.185. The molecule has 0 unspecified atom stereocenters. The average molecular weight is 259 g/mol. The molecule has 0 saturated carbocycles. The molecule has 18 heavy (non-hydrogen) atoms. The standard InChI is InChI=1S/C12H12F3NO2/c1-2-6-16(7-5-10(17)18)9-4-3-8(13)11(14)12(9)15/h2-4H,1,5-7H2,(H,17,18). The van der Waals surface area contributed by atoms with Crippen molar-refractivity contribution in [2.24, 2.45) is 0 Å². The quantitative estimate of drug-likeness (QED) is 0.630. The van der Waals surface area contributed by atoms with Crippen LogP contribution >= 0.6 is 0 Å². The lowest BCUT2D eigenvalue weighted by atomic mass is 10.2. The van der Waals surface area contributed by atoms with E-state index in [-0.39, 0.29) is 25.2 Å². The molecule has 0 spiro atoms. The number of halogens is 3. The first kappa shape index (κ1) is 14.1. The Morgan fingerprint density at radius 1 is 1.33 bits per heavy atom. The van der Waals surface area contributed by atoms with E-state index in [0.29, 0.717) is 0 Å². The zero-order valence-corrected chi connectivity index (χ0v) is 9.50. The smallest absolute Gasteiger partial charge is 0.305 e. The number of carboxylic acids is 1. The van der Waals surface area contributed by atoms with Crippen LogP contribution in [0.1, 0.15) is 6.42 Å². The van der Waals surface area contributed by atoms with Gasteiger partial charge in [0.15, 0.2) is 17.5 Å². The Bertz CT molecular complexity index is 463. The van der Waals surface area contributed by atoms with Gasteiger partial charge in [-0.15, -0.1) is 6.58 Å². The van der Waals surface area contributed by atoms with E-state index in [9.17, 15) is 18.0 Å². The van der Waals surface area contributed by atoms with Gasteiger partial charge >= 0.3 is 5.97 Å². The fourth-order valence-electron chi connectivity index (χ4n) is 1.46. The van der Waals surface area contributed by atoms with Crippen LogP contribution in [0.3, 0.4) is 0 Å². The van der Waals surface area contributed by atoms with Gasteiger partial charge in [0.05, 0.1) is 12.1 Å². The van der Waals surface area contributed by atoms with Crippen molar-refractivity contribution < 1.29 is 23.1 Å². The second kappa shape index (κ2) is 6.09. The lowest BCUT2D eigenvalue weighted by Crippen LogP contribution is -2.27. The van der Waals surface area contributed by atoms with Gasteiger partial charge in [-0.05, 0) is 12.1 Å². The summed E-state index contributed by atoms with van der Waals surface area (Å²) in [6.45, 7) is 3.55. The number of benzene rings is 1. The molecule has 0 fully saturated rings. The Morgan fingerprint density at radius 3 is 2.56 bits per heavy atom. The maximum absolute atomic E-state index is 13.5. The summed E-state index contributed by atoms with van der Waals surface area (Å²) >= 11 is 0. The summed E-state index contributed by atoms with van der Waals surface area (Å²) < 4.78 is 39.4. The molecule has 0 aliphatic rings. The van der Waals surface area contributed by atoms with E-state index in [1.54, 1.807) is 0 Å². The van der Waals surface area contributed by atoms with Gasteiger partial charge in [0.2, 0.25) is 0 Å². The van der Waals surface area contributed by atoms with E-state index in [4.69, 9.17) is 5.11 Å². The van der Waals surface area contributed by atoms with Gasteiger partial charge < -0.3 is 10.0 Å². The van der Waals surface area contributed by atoms with Gasteiger partial charge in [-0.1, -0.05) is 6.08 Å². The number of carbonyl (C=O) groups is 1. The average Bonchev–Trinajstić information content (AvgIpc) is 2.32. The van der Waals surface area contributed by atoms with Crippen LogP contribution in [0, 0.1) is 17.5 Å². The third-order valence-corrected chi connectivity index (χ3v) is 2.30. The van der Waals surface area contributed by atoms with Crippen molar-refractivity contribution in [2.45, 2.75) is 6.42 Å². The summed E-state index contributed by atoms with van der Waals surface area (Å²) in [5, 5.41) is 8.57. The highest BCUT2D eigenvalue weighted by Gasteiger charge is 2.18. The summed E-state index contributed by atoms with van der Waals surface area (Å²) in [6, 6.07) is 1.86. The number of nitrogens with zero attached hydrogens (tertiary/aromatic N) is 1. The Hall–Kier alpha value is -1.98. The summed E-state index contributed by atoms with van der Waals surface area (Å²) in [6.07, 6.45) is 1.18. The number of rotatable bonds is 6. The second-order valence-corrected chi connectivity index (χ2v) is 3.57. The van der Waals surface area contributed by atoms with E-state index in [0.717, 1.165) is 12.1 Å². The Kier molecular flexibility index (Phi) is 4.76.